The molecular formula is C17H27N3O. The minimum Gasteiger partial charge on any atom is -0.370 e. The maximum absolute atomic E-state index is 12.8. The van der Waals surface area contributed by atoms with E-state index in [1.165, 1.54) is 12.8 Å². The number of nitrogens with one attached hydrogen (secondary N) is 1. The number of hydrogen-bond donors (Lipinski definition) is 1. The summed E-state index contributed by atoms with van der Waals surface area (Å²) < 4.78 is 0. The SMILES string of the molecule is CCCNc1cc(C(=O)N(CC)C2CCCC2)cc(C)n1. The summed E-state index contributed by atoms with van der Waals surface area (Å²) in [6, 6.07) is 4.21. The van der Waals surface area contributed by atoms with E-state index in [0.717, 1.165) is 49.4 Å². The average molecular weight is 289 g/mol. The molecular weight excluding hydrogens is 262 g/mol. The highest BCUT2D eigenvalue weighted by molar-refractivity contribution is 5.95. The van der Waals surface area contributed by atoms with Gasteiger partial charge in [-0.05, 0) is 45.2 Å². The maximum atomic E-state index is 12.8. The molecule has 0 aromatic carbocycles. The van der Waals surface area contributed by atoms with Crippen molar-refractivity contribution in [1.82, 2.24) is 9.88 Å². The standard InChI is InChI=1S/C17H27N3O/c1-4-10-18-16-12-14(11-13(3)19-16)17(21)20(5-2)15-8-6-7-9-15/h11-12,15H,4-10H2,1-3H3,(H,18,19). The summed E-state index contributed by atoms with van der Waals surface area (Å²) in [5, 5.41) is 3.28. The Hall–Kier alpha value is -1.58. The smallest absolute Gasteiger partial charge is 0.254 e. The van der Waals surface area contributed by atoms with E-state index in [1.807, 2.05) is 24.0 Å². The molecule has 0 spiro atoms. The summed E-state index contributed by atoms with van der Waals surface area (Å²) >= 11 is 0. The average Bonchev–Trinajstić information content (AvgIpc) is 2.99. The minimum absolute atomic E-state index is 0.148. The van der Waals surface area contributed by atoms with Gasteiger partial charge < -0.3 is 10.2 Å². The number of carbonyl (C=O) groups is 1. The molecule has 1 N–H and O–H groups in total. The molecule has 116 valence electrons. The summed E-state index contributed by atoms with van der Waals surface area (Å²) in [5.41, 5.74) is 1.65. The van der Waals surface area contributed by atoms with Gasteiger partial charge in [0.05, 0.1) is 0 Å². The van der Waals surface area contributed by atoms with Crippen LogP contribution in [-0.2, 0) is 0 Å². The van der Waals surface area contributed by atoms with Crippen LogP contribution in [0.3, 0.4) is 0 Å². The zero-order valence-corrected chi connectivity index (χ0v) is 13.5. The zero-order valence-electron chi connectivity index (χ0n) is 13.5. The number of pyridine rings is 1. The van der Waals surface area contributed by atoms with Crippen LogP contribution in [0.15, 0.2) is 12.1 Å². The molecule has 0 unspecified atom stereocenters. The second-order valence-corrected chi connectivity index (χ2v) is 5.84. The Bertz CT molecular complexity index is 481. The molecule has 1 aromatic rings. The molecule has 0 radical (unpaired) electrons. The third kappa shape index (κ3) is 3.96. The Morgan fingerprint density at radius 3 is 2.67 bits per heavy atom. The van der Waals surface area contributed by atoms with Crippen LogP contribution in [0.1, 0.15) is 62.0 Å². The van der Waals surface area contributed by atoms with E-state index in [2.05, 4.69) is 24.1 Å². The van der Waals surface area contributed by atoms with E-state index in [0.29, 0.717) is 6.04 Å². The number of rotatable bonds is 6. The normalized spacial score (nSPS) is 15.2. The summed E-state index contributed by atoms with van der Waals surface area (Å²) in [5.74, 6) is 0.956. The van der Waals surface area contributed by atoms with Crippen molar-refractivity contribution >= 4 is 11.7 Å². The fraction of sp³-hybridized carbons (Fsp3) is 0.647. The minimum atomic E-state index is 0.148. The van der Waals surface area contributed by atoms with E-state index in [9.17, 15) is 4.79 Å². The lowest BCUT2D eigenvalue weighted by molar-refractivity contribution is 0.0693. The van der Waals surface area contributed by atoms with E-state index in [1.54, 1.807) is 0 Å². The highest BCUT2D eigenvalue weighted by Gasteiger charge is 2.26. The lowest BCUT2D eigenvalue weighted by atomic mass is 10.1. The van der Waals surface area contributed by atoms with Crippen LogP contribution < -0.4 is 5.32 Å². The first-order valence-corrected chi connectivity index (χ1v) is 8.19. The number of carbonyl (C=O) groups excluding carboxylic acids is 1. The number of amides is 1. The molecule has 1 heterocycles. The second kappa shape index (κ2) is 7.43. The number of anilines is 1. The van der Waals surface area contributed by atoms with Gasteiger partial charge in [-0.3, -0.25) is 4.79 Å². The molecule has 1 aliphatic rings. The quantitative estimate of drug-likeness (QED) is 0.870. The van der Waals surface area contributed by atoms with Crippen LogP contribution >= 0.6 is 0 Å². The van der Waals surface area contributed by atoms with Crippen molar-refractivity contribution in [3.05, 3.63) is 23.4 Å². The van der Waals surface area contributed by atoms with Crippen LogP contribution in [0.4, 0.5) is 5.82 Å². The number of aromatic nitrogens is 1. The first-order chi connectivity index (χ1) is 10.2. The number of hydrogen-bond acceptors (Lipinski definition) is 3. The van der Waals surface area contributed by atoms with E-state index in [4.69, 9.17) is 0 Å². The molecule has 4 nitrogen and oxygen atoms in total. The van der Waals surface area contributed by atoms with Gasteiger partial charge in [-0.2, -0.15) is 0 Å². The van der Waals surface area contributed by atoms with Gasteiger partial charge in [0.2, 0.25) is 0 Å². The van der Waals surface area contributed by atoms with Crippen molar-refractivity contribution in [1.29, 1.82) is 0 Å². The van der Waals surface area contributed by atoms with Crippen LogP contribution in [0.5, 0.6) is 0 Å². The number of nitrogens with zero attached hydrogens (tertiary/aromatic N) is 2. The van der Waals surface area contributed by atoms with Crippen molar-refractivity contribution in [3.63, 3.8) is 0 Å². The van der Waals surface area contributed by atoms with Crippen LogP contribution in [0.2, 0.25) is 0 Å². The molecule has 4 heteroatoms. The Balaban J connectivity index is 2.18. The fourth-order valence-electron chi connectivity index (χ4n) is 3.09. The lowest BCUT2D eigenvalue weighted by Gasteiger charge is -2.28. The third-order valence-electron chi connectivity index (χ3n) is 4.12. The van der Waals surface area contributed by atoms with E-state index < -0.39 is 0 Å². The Morgan fingerprint density at radius 1 is 1.33 bits per heavy atom. The Labute approximate surface area is 127 Å². The van der Waals surface area contributed by atoms with Crippen molar-refractivity contribution < 1.29 is 4.79 Å². The largest absolute Gasteiger partial charge is 0.370 e. The first-order valence-electron chi connectivity index (χ1n) is 8.19. The molecule has 0 saturated heterocycles. The van der Waals surface area contributed by atoms with Gasteiger partial charge in [0.1, 0.15) is 5.82 Å². The van der Waals surface area contributed by atoms with Gasteiger partial charge in [0.15, 0.2) is 0 Å². The highest BCUT2D eigenvalue weighted by Crippen LogP contribution is 2.25. The van der Waals surface area contributed by atoms with Gasteiger partial charge in [-0.15, -0.1) is 0 Å². The third-order valence-corrected chi connectivity index (χ3v) is 4.12. The molecule has 1 aliphatic carbocycles. The summed E-state index contributed by atoms with van der Waals surface area (Å²) in [6.45, 7) is 7.79. The van der Waals surface area contributed by atoms with Gasteiger partial charge in [0.25, 0.3) is 5.91 Å². The van der Waals surface area contributed by atoms with Gasteiger partial charge in [-0.25, -0.2) is 4.98 Å². The first kappa shape index (κ1) is 15.8. The van der Waals surface area contributed by atoms with Gasteiger partial charge >= 0.3 is 0 Å². The Morgan fingerprint density at radius 2 is 2.05 bits per heavy atom. The molecule has 0 atom stereocenters. The van der Waals surface area contributed by atoms with Crippen molar-refractivity contribution in [2.75, 3.05) is 18.4 Å². The Kier molecular flexibility index (Phi) is 5.59. The molecule has 0 bridgehead atoms. The molecule has 21 heavy (non-hydrogen) atoms. The molecule has 0 aliphatic heterocycles. The van der Waals surface area contributed by atoms with Crippen LogP contribution in [0.25, 0.3) is 0 Å². The van der Waals surface area contributed by atoms with Crippen molar-refractivity contribution in [3.8, 4) is 0 Å². The lowest BCUT2D eigenvalue weighted by Crippen LogP contribution is -2.38. The molecule has 1 saturated carbocycles. The van der Waals surface area contributed by atoms with Gasteiger partial charge in [-0.1, -0.05) is 19.8 Å². The van der Waals surface area contributed by atoms with E-state index in [-0.39, 0.29) is 5.91 Å². The zero-order chi connectivity index (χ0) is 15.2. The molecule has 1 fully saturated rings. The summed E-state index contributed by atoms with van der Waals surface area (Å²) in [6.07, 6.45) is 5.82. The number of aryl methyl sites for hydroxylation is 1. The second-order valence-electron chi connectivity index (χ2n) is 5.84. The van der Waals surface area contributed by atoms with E-state index >= 15 is 0 Å². The van der Waals surface area contributed by atoms with Crippen molar-refractivity contribution in [2.24, 2.45) is 0 Å². The maximum Gasteiger partial charge on any atom is 0.254 e. The van der Waals surface area contributed by atoms with Gasteiger partial charge in [0, 0.05) is 30.4 Å². The summed E-state index contributed by atoms with van der Waals surface area (Å²) in [4.78, 5) is 19.3. The predicted molar refractivity (Wildman–Crippen MR) is 86.7 cm³/mol. The topological polar surface area (TPSA) is 45.2 Å². The highest BCUT2D eigenvalue weighted by atomic mass is 16.2. The monoisotopic (exact) mass is 289 g/mol. The van der Waals surface area contributed by atoms with Crippen molar-refractivity contribution in [2.45, 2.75) is 58.9 Å². The molecule has 1 amide bonds. The molecule has 1 aromatic heterocycles. The predicted octanol–water partition coefficient (Wildman–Crippen LogP) is 3.62. The van der Waals surface area contributed by atoms with Crippen LogP contribution in [-0.4, -0.2) is 34.9 Å². The molecule has 2 rings (SSSR count). The summed E-state index contributed by atoms with van der Waals surface area (Å²) in [7, 11) is 0. The fourth-order valence-corrected chi connectivity index (χ4v) is 3.09. The van der Waals surface area contributed by atoms with Crippen LogP contribution in [0, 0.1) is 6.92 Å².